The van der Waals surface area contributed by atoms with Crippen LogP contribution in [0.4, 0.5) is 17.8 Å². The normalized spacial score (nSPS) is 11.4. The molecule has 0 saturated carbocycles. The van der Waals surface area contributed by atoms with Crippen LogP contribution in [0.5, 0.6) is 5.75 Å². The minimum Gasteiger partial charge on any atom is -0.507 e. The van der Waals surface area contributed by atoms with Gasteiger partial charge < -0.3 is 15.7 Å². The molecular weight excluding hydrogens is 342 g/mol. The van der Waals surface area contributed by atoms with E-state index in [0.29, 0.717) is 42.2 Å². The topological polar surface area (TPSA) is 107 Å². The highest BCUT2D eigenvalue weighted by Gasteiger charge is 2.10. The van der Waals surface area contributed by atoms with Crippen molar-refractivity contribution in [2.24, 2.45) is 5.10 Å². The molecule has 0 bridgehead atoms. The van der Waals surface area contributed by atoms with Crippen molar-refractivity contribution < 1.29 is 5.11 Å². The Hall–Kier alpha value is -3.42. The predicted molar refractivity (Wildman–Crippen MR) is 110 cm³/mol. The maximum absolute atomic E-state index is 10.6. The van der Waals surface area contributed by atoms with Crippen molar-refractivity contribution in [2.75, 3.05) is 29.1 Å². The molecule has 8 heteroatoms. The first-order valence-corrected chi connectivity index (χ1v) is 8.87. The van der Waals surface area contributed by atoms with Crippen LogP contribution in [0.25, 0.3) is 10.8 Å². The van der Waals surface area contributed by atoms with E-state index in [0.717, 1.165) is 10.8 Å². The lowest BCUT2D eigenvalue weighted by atomic mass is 10.0. The summed E-state index contributed by atoms with van der Waals surface area (Å²) in [6, 6.07) is 11.5. The van der Waals surface area contributed by atoms with Crippen molar-refractivity contribution in [3.8, 4) is 5.75 Å². The van der Waals surface area contributed by atoms with Gasteiger partial charge in [-0.3, -0.25) is 0 Å². The maximum Gasteiger partial charge on any atom is 0.250 e. The van der Waals surface area contributed by atoms with Crippen LogP contribution < -0.4 is 16.1 Å². The highest BCUT2D eigenvalue weighted by Crippen LogP contribution is 2.29. The molecule has 3 aromatic rings. The number of aromatic hydroxyl groups is 1. The molecule has 0 aliphatic carbocycles. The van der Waals surface area contributed by atoms with E-state index in [2.05, 4.69) is 36.1 Å². The molecule has 1 aromatic heterocycles. The van der Waals surface area contributed by atoms with Gasteiger partial charge in [-0.25, -0.2) is 5.43 Å². The minimum absolute atomic E-state index is 0.202. The Morgan fingerprint density at radius 1 is 0.926 bits per heavy atom. The third-order valence-corrected chi connectivity index (χ3v) is 3.92. The van der Waals surface area contributed by atoms with E-state index >= 15 is 0 Å². The number of nitrogens with one attached hydrogen (secondary N) is 3. The zero-order chi connectivity index (χ0) is 19.2. The van der Waals surface area contributed by atoms with E-state index < -0.39 is 0 Å². The molecule has 0 saturated heterocycles. The molecule has 8 nitrogen and oxygen atoms in total. The van der Waals surface area contributed by atoms with E-state index in [9.17, 15) is 5.11 Å². The number of benzene rings is 2. The van der Waals surface area contributed by atoms with E-state index in [4.69, 9.17) is 0 Å². The SMILES string of the molecule is CCNc1nc(NCC)nc(NN=C(C)c2ccc3ccccc3c2O)n1. The summed E-state index contributed by atoms with van der Waals surface area (Å²) in [6.45, 7) is 7.14. The Kier molecular flexibility index (Phi) is 5.65. The molecular formula is C19H23N7O. The van der Waals surface area contributed by atoms with Gasteiger partial charge >= 0.3 is 0 Å². The first-order valence-electron chi connectivity index (χ1n) is 8.87. The van der Waals surface area contributed by atoms with Gasteiger partial charge in [0, 0.05) is 24.0 Å². The van der Waals surface area contributed by atoms with Gasteiger partial charge in [-0.1, -0.05) is 30.3 Å². The fourth-order valence-electron chi connectivity index (χ4n) is 2.64. The number of rotatable bonds is 7. The largest absolute Gasteiger partial charge is 0.507 e. The highest BCUT2D eigenvalue weighted by molar-refractivity contribution is 6.06. The van der Waals surface area contributed by atoms with Crippen molar-refractivity contribution in [3.05, 3.63) is 42.0 Å². The summed E-state index contributed by atoms with van der Waals surface area (Å²) in [6.07, 6.45) is 0. The van der Waals surface area contributed by atoms with Crippen LogP contribution in [0.2, 0.25) is 0 Å². The van der Waals surface area contributed by atoms with E-state index in [1.807, 2.05) is 57.2 Å². The van der Waals surface area contributed by atoms with Gasteiger partial charge in [0.1, 0.15) is 5.75 Å². The quantitative estimate of drug-likeness (QED) is 0.375. The number of hydrazone groups is 1. The summed E-state index contributed by atoms with van der Waals surface area (Å²) in [4.78, 5) is 12.9. The Labute approximate surface area is 157 Å². The zero-order valence-corrected chi connectivity index (χ0v) is 15.6. The van der Waals surface area contributed by atoms with Crippen LogP contribution in [0.15, 0.2) is 41.5 Å². The highest BCUT2D eigenvalue weighted by atomic mass is 16.3. The van der Waals surface area contributed by atoms with Crippen molar-refractivity contribution in [3.63, 3.8) is 0 Å². The van der Waals surface area contributed by atoms with Gasteiger partial charge in [-0.05, 0) is 32.2 Å². The molecule has 2 aromatic carbocycles. The predicted octanol–water partition coefficient (Wildman–Crippen LogP) is 3.43. The molecule has 0 fully saturated rings. The molecule has 0 spiro atoms. The monoisotopic (exact) mass is 365 g/mol. The Morgan fingerprint density at radius 2 is 1.56 bits per heavy atom. The minimum atomic E-state index is 0.202. The molecule has 3 rings (SSSR count). The van der Waals surface area contributed by atoms with Crippen LogP contribution in [0.1, 0.15) is 26.3 Å². The average molecular weight is 365 g/mol. The van der Waals surface area contributed by atoms with Crippen LogP contribution >= 0.6 is 0 Å². The molecule has 4 N–H and O–H groups in total. The van der Waals surface area contributed by atoms with E-state index in [1.54, 1.807) is 0 Å². The van der Waals surface area contributed by atoms with Gasteiger partial charge in [0.15, 0.2) is 0 Å². The fourth-order valence-corrected chi connectivity index (χ4v) is 2.64. The Bertz CT molecular complexity index is 947. The summed E-state index contributed by atoms with van der Waals surface area (Å²) in [5.41, 5.74) is 4.12. The van der Waals surface area contributed by atoms with Crippen LogP contribution in [-0.2, 0) is 0 Å². The van der Waals surface area contributed by atoms with Crippen molar-refractivity contribution in [1.29, 1.82) is 0 Å². The van der Waals surface area contributed by atoms with Crippen LogP contribution in [-0.4, -0.2) is 38.9 Å². The van der Waals surface area contributed by atoms with Gasteiger partial charge in [0.25, 0.3) is 0 Å². The maximum atomic E-state index is 10.6. The van der Waals surface area contributed by atoms with Crippen molar-refractivity contribution >= 4 is 34.3 Å². The lowest BCUT2D eigenvalue weighted by Gasteiger charge is -2.10. The first-order chi connectivity index (χ1) is 13.1. The molecule has 0 radical (unpaired) electrons. The number of nitrogens with zero attached hydrogens (tertiary/aromatic N) is 4. The molecule has 140 valence electrons. The Balaban J connectivity index is 1.88. The smallest absolute Gasteiger partial charge is 0.250 e. The number of phenols is 1. The molecule has 0 aliphatic heterocycles. The lowest BCUT2D eigenvalue weighted by molar-refractivity contribution is 0.480. The van der Waals surface area contributed by atoms with Gasteiger partial charge in [-0.2, -0.15) is 20.1 Å². The second-order valence-corrected chi connectivity index (χ2v) is 5.86. The zero-order valence-electron chi connectivity index (χ0n) is 15.6. The Morgan fingerprint density at radius 3 is 2.22 bits per heavy atom. The van der Waals surface area contributed by atoms with Gasteiger partial charge in [-0.15, -0.1) is 0 Å². The molecule has 0 amide bonds. The van der Waals surface area contributed by atoms with E-state index in [-0.39, 0.29) is 5.75 Å². The summed E-state index contributed by atoms with van der Waals surface area (Å²) in [5.74, 6) is 1.45. The van der Waals surface area contributed by atoms with Crippen molar-refractivity contribution in [2.45, 2.75) is 20.8 Å². The fraction of sp³-hybridized carbons (Fsp3) is 0.263. The van der Waals surface area contributed by atoms with Gasteiger partial charge in [0.2, 0.25) is 17.8 Å². The van der Waals surface area contributed by atoms with E-state index in [1.165, 1.54) is 0 Å². The summed E-state index contributed by atoms with van der Waals surface area (Å²) < 4.78 is 0. The van der Waals surface area contributed by atoms with Crippen molar-refractivity contribution in [1.82, 2.24) is 15.0 Å². The number of aromatic nitrogens is 3. The molecule has 0 atom stereocenters. The number of hydrogen-bond acceptors (Lipinski definition) is 8. The molecule has 0 unspecified atom stereocenters. The third-order valence-electron chi connectivity index (χ3n) is 3.92. The molecule has 0 aliphatic rings. The number of phenolic OH excluding ortho intramolecular Hbond substituents is 1. The average Bonchev–Trinajstić information content (AvgIpc) is 2.67. The van der Waals surface area contributed by atoms with Gasteiger partial charge in [0.05, 0.1) is 5.71 Å². The second kappa shape index (κ2) is 8.31. The summed E-state index contributed by atoms with van der Waals surface area (Å²) in [7, 11) is 0. The molecule has 27 heavy (non-hydrogen) atoms. The van der Waals surface area contributed by atoms with Crippen LogP contribution in [0, 0.1) is 0 Å². The lowest BCUT2D eigenvalue weighted by Crippen LogP contribution is -2.11. The van der Waals surface area contributed by atoms with Crippen LogP contribution in [0.3, 0.4) is 0 Å². The first kappa shape index (κ1) is 18.4. The number of anilines is 3. The second-order valence-electron chi connectivity index (χ2n) is 5.86. The third kappa shape index (κ3) is 4.22. The summed E-state index contributed by atoms with van der Waals surface area (Å²) >= 11 is 0. The number of hydrogen-bond donors (Lipinski definition) is 4. The number of fused-ring (bicyclic) bond motifs is 1. The summed E-state index contributed by atoms with van der Waals surface area (Å²) in [5, 5.41) is 22.8. The standard InChI is InChI=1S/C19H23N7O/c1-4-20-17-22-18(21-5-2)24-19(23-17)26-25-12(3)14-11-10-13-8-6-7-9-15(13)16(14)27/h6-11,27H,4-5H2,1-3H3,(H3,20,21,22,23,24,26). The molecule has 1 heterocycles.